The first-order valence-corrected chi connectivity index (χ1v) is 14.3. The highest BCUT2D eigenvalue weighted by molar-refractivity contribution is 5.14. The van der Waals surface area contributed by atoms with Crippen LogP contribution in [0.1, 0.15) is 63.9 Å². The lowest BCUT2D eigenvalue weighted by Gasteiger charge is -2.46. The number of piperidine rings is 1. The van der Waals surface area contributed by atoms with Crippen molar-refractivity contribution in [3.8, 4) is 0 Å². The van der Waals surface area contributed by atoms with Crippen LogP contribution in [0.5, 0.6) is 0 Å². The van der Waals surface area contributed by atoms with Gasteiger partial charge in [0.2, 0.25) is 11.6 Å². The van der Waals surface area contributed by atoms with E-state index in [9.17, 15) is 23.3 Å². The second-order valence-electron chi connectivity index (χ2n) is 11.7. The van der Waals surface area contributed by atoms with Crippen molar-refractivity contribution in [2.75, 3.05) is 6.54 Å². The van der Waals surface area contributed by atoms with Gasteiger partial charge in [-0.1, -0.05) is 61.7 Å². The summed E-state index contributed by atoms with van der Waals surface area (Å²) >= 11 is 0. The number of hydrazine groups is 1. The summed E-state index contributed by atoms with van der Waals surface area (Å²) in [5.41, 5.74) is 4.35. The Labute approximate surface area is 233 Å². The number of nitrogens with zero attached hydrogens (tertiary/aromatic N) is 2. The monoisotopic (exact) mass is 567 g/mol. The highest BCUT2D eigenvalue weighted by Crippen LogP contribution is 2.44. The molecule has 12 heteroatoms. The molecule has 0 amide bonds. The van der Waals surface area contributed by atoms with Crippen LogP contribution in [0.15, 0.2) is 42.5 Å². The minimum Gasteiger partial charge on any atom is -0.357 e. The Morgan fingerprint density at radius 1 is 1.20 bits per heavy atom. The zero-order valence-corrected chi connectivity index (χ0v) is 22.9. The smallest absolute Gasteiger partial charge is 0.357 e. The quantitative estimate of drug-likeness (QED) is 0.276. The van der Waals surface area contributed by atoms with Crippen LogP contribution in [-0.4, -0.2) is 64.9 Å². The third-order valence-corrected chi connectivity index (χ3v) is 9.13. The van der Waals surface area contributed by atoms with E-state index in [1.807, 2.05) is 6.92 Å². The van der Waals surface area contributed by atoms with E-state index < -0.39 is 36.3 Å². The van der Waals surface area contributed by atoms with Gasteiger partial charge in [0.1, 0.15) is 12.3 Å². The molecule has 0 aliphatic carbocycles. The van der Waals surface area contributed by atoms with Crippen molar-refractivity contribution in [3.05, 3.63) is 58.2 Å². The lowest BCUT2D eigenvalue weighted by atomic mass is 9.82. The second-order valence-corrected chi connectivity index (χ2v) is 11.7. The lowest BCUT2D eigenvalue weighted by Crippen LogP contribution is -2.68. The average Bonchev–Trinajstić information content (AvgIpc) is 3.59. The van der Waals surface area contributed by atoms with Crippen LogP contribution in [-0.2, 0) is 16.1 Å². The third-order valence-electron chi connectivity index (χ3n) is 9.13. The first-order chi connectivity index (χ1) is 19.1. The molecule has 9 nitrogen and oxygen atoms in total. The molecule has 0 aromatic heterocycles. The molecule has 5 rings (SSSR count). The molecule has 4 saturated heterocycles. The van der Waals surface area contributed by atoms with Gasteiger partial charge < -0.3 is 9.47 Å². The SMILES string of the molecule is C=C(C)C1CC([N+](=O)[O-])C2NC1N1CCC[C@@H]1CCCCCC(OCc1ccccc1)(C(F)(F)F)C1NNC2O1. The maximum atomic E-state index is 15.0. The van der Waals surface area contributed by atoms with Crippen molar-refractivity contribution < 1.29 is 27.6 Å². The number of hydrogen-bond acceptors (Lipinski definition) is 8. The summed E-state index contributed by atoms with van der Waals surface area (Å²) in [5, 5.41) is 15.7. The number of rotatable bonds is 5. The maximum absolute atomic E-state index is 15.0. The molecule has 1 aromatic carbocycles. The molecule has 1 aromatic rings. The normalized spacial score (nSPS) is 37.5. The molecule has 0 radical (unpaired) electrons. The highest BCUT2D eigenvalue weighted by Gasteiger charge is 2.64. The molecule has 222 valence electrons. The molecular weight excluding hydrogens is 527 g/mol. The fourth-order valence-corrected chi connectivity index (χ4v) is 6.95. The van der Waals surface area contributed by atoms with Gasteiger partial charge in [0.25, 0.3) is 0 Å². The molecule has 0 spiro atoms. The third kappa shape index (κ3) is 5.79. The van der Waals surface area contributed by atoms with Gasteiger partial charge in [-0.25, -0.2) is 10.9 Å². The Balaban J connectivity index is 1.48. The van der Waals surface area contributed by atoms with E-state index in [-0.39, 0.29) is 42.5 Å². The predicted octanol–water partition coefficient (Wildman–Crippen LogP) is 4.24. The van der Waals surface area contributed by atoms with Crippen LogP contribution in [0.4, 0.5) is 13.2 Å². The summed E-state index contributed by atoms with van der Waals surface area (Å²) in [6.07, 6.45) is -3.07. The summed E-state index contributed by atoms with van der Waals surface area (Å²) in [7, 11) is 0. The van der Waals surface area contributed by atoms with Crippen LogP contribution < -0.4 is 16.2 Å². The summed E-state index contributed by atoms with van der Waals surface area (Å²) in [5.74, 6) is -0.159. The van der Waals surface area contributed by atoms with E-state index in [0.717, 1.165) is 37.8 Å². The van der Waals surface area contributed by atoms with Gasteiger partial charge in [0.15, 0.2) is 6.23 Å². The Kier molecular flexibility index (Phi) is 8.84. The zero-order valence-electron chi connectivity index (χ0n) is 22.9. The summed E-state index contributed by atoms with van der Waals surface area (Å²) in [4.78, 5) is 14.3. The minimum atomic E-state index is -4.76. The van der Waals surface area contributed by atoms with Crippen LogP contribution >= 0.6 is 0 Å². The molecule has 4 heterocycles. The van der Waals surface area contributed by atoms with Crippen LogP contribution in [0.2, 0.25) is 0 Å². The van der Waals surface area contributed by atoms with Crippen LogP contribution in [0, 0.1) is 16.0 Å². The fraction of sp³-hybridized carbons (Fsp3) is 0.714. The summed E-state index contributed by atoms with van der Waals surface area (Å²) in [6, 6.07) is 7.06. The highest BCUT2D eigenvalue weighted by atomic mass is 19.4. The van der Waals surface area contributed by atoms with Crippen LogP contribution in [0.25, 0.3) is 0 Å². The molecule has 4 aliphatic heterocycles. The lowest BCUT2D eigenvalue weighted by molar-refractivity contribution is -0.535. The zero-order chi connectivity index (χ0) is 28.5. The van der Waals surface area contributed by atoms with Gasteiger partial charge in [-0.15, -0.1) is 0 Å². The first kappa shape index (κ1) is 29.4. The Morgan fingerprint density at radius 3 is 2.65 bits per heavy atom. The number of benzene rings is 1. The first-order valence-electron chi connectivity index (χ1n) is 14.3. The molecule has 4 fully saturated rings. The number of hydrogen-bond donors (Lipinski definition) is 3. The average molecular weight is 568 g/mol. The van der Waals surface area contributed by atoms with Crippen molar-refractivity contribution in [2.24, 2.45) is 5.92 Å². The molecule has 0 saturated carbocycles. The van der Waals surface area contributed by atoms with E-state index in [1.54, 1.807) is 30.3 Å². The molecule has 4 aliphatic rings. The topological polar surface area (TPSA) is 101 Å². The number of alkyl halides is 3. The Morgan fingerprint density at radius 2 is 1.95 bits per heavy atom. The summed E-state index contributed by atoms with van der Waals surface area (Å²) < 4.78 is 56.8. The molecule has 3 N–H and O–H groups in total. The number of halogens is 3. The van der Waals surface area contributed by atoms with Crippen LogP contribution in [0.3, 0.4) is 0 Å². The molecule has 4 bridgehead atoms. The second kappa shape index (κ2) is 12.0. The molecule has 40 heavy (non-hydrogen) atoms. The molecule has 8 atom stereocenters. The van der Waals surface area contributed by atoms with Crippen molar-refractivity contribution in [1.82, 2.24) is 21.1 Å². The van der Waals surface area contributed by atoms with Crippen molar-refractivity contribution in [1.29, 1.82) is 0 Å². The van der Waals surface area contributed by atoms with Crippen molar-refractivity contribution in [3.63, 3.8) is 0 Å². The number of fused-ring (bicyclic) bond motifs is 7. The molecule has 7 unspecified atom stereocenters. The standard InChI is InChI=1S/C28H40F3N5O4/c1-18(2)21-16-22(36(37)38)23-25-33-34-26(40-25)27(28(29,30)31,39-17-19-10-5-3-6-11-19)14-8-4-7-12-20-13-9-15-35(20)24(21)32-23/h3,5-6,10-11,20-26,32-34H,1,4,7-9,12-17H2,2H3/t20-,21?,22?,23?,24?,25?,26?,27?/m0/s1. The minimum absolute atomic E-state index is 0.159. The van der Waals surface area contributed by atoms with E-state index in [1.165, 1.54) is 0 Å². The van der Waals surface area contributed by atoms with Gasteiger partial charge in [-0.05, 0) is 44.7 Å². The number of ether oxygens (including phenoxy) is 2. The van der Waals surface area contributed by atoms with E-state index >= 15 is 0 Å². The van der Waals surface area contributed by atoms with Crippen molar-refractivity contribution in [2.45, 2.75) is 113 Å². The van der Waals surface area contributed by atoms with Gasteiger partial charge in [0.05, 0.1) is 12.8 Å². The fourth-order valence-electron chi connectivity index (χ4n) is 6.95. The van der Waals surface area contributed by atoms with Gasteiger partial charge >= 0.3 is 6.18 Å². The van der Waals surface area contributed by atoms with Gasteiger partial charge in [-0.3, -0.25) is 20.3 Å². The van der Waals surface area contributed by atoms with E-state index in [2.05, 4.69) is 27.6 Å². The number of nitrogens with one attached hydrogen (secondary N) is 3. The number of nitro groups is 1. The summed E-state index contributed by atoms with van der Waals surface area (Å²) in [6.45, 7) is 6.65. The molecular formula is C28H40F3N5O4. The van der Waals surface area contributed by atoms with Gasteiger partial charge in [-0.2, -0.15) is 13.2 Å². The maximum Gasteiger partial charge on any atom is 0.421 e. The predicted molar refractivity (Wildman–Crippen MR) is 142 cm³/mol. The van der Waals surface area contributed by atoms with E-state index in [0.29, 0.717) is 18.4 Å². The van der Waals surface area contributed by atoms with E-state index in [4.69, 9.17) is 9.47 Å². The Bertz CT molecular complexity index is 1050. The Hall–Kier alpha value is -2.09. The largest absolute Gasteiger partial charge is 0.421 e. The van der Waals surface area contributed by atoms with Gasteiger partial charge in [0, 0.05) is 23.3 Å². The van der Waals surface area contributed by atoms with Crippen molar-refractivity contribution >= 4 is 0 Å².